The quantitative estimate of drug-likeness (QED) is 0.858. The number of hydrogen-bond donors (Lipinski definition) is 2. The molecule has 0 aliphatic heterocycles. The van der Waals surface area contributed by atoms with Crippen LogP contribution < -0.4 is 11.1 Å². The van der Waals surface area contributed by atoms with Gasteiger partial charge in [0.25, 0.3) is 0 Å². The minimum absolute atomic E-state index is 0.568. The van der Waals surface area contributed by atoms with Crippen molar-refractivity contribution < 1.29 is 0 Å². The second-order valence-electron chi connectivity index (χ2n) is 3.25. The van der Waals surface area contributed by atoms with Gasteiger partial charge in [-0.15, -0.1) is 0 Å². The molecular weight excluding hydrogens is 231 g/mol. The molecule has 0 saturated carbocycles. The fraction of sp³-hybridized carbons (Fsp3) is 0.273. The fourth-order valence-electron chi connectivity index (χ4n) is 1.20. The Morgan fingerprint density at radius 2 is 2.13 bits per heavy atom. The molecule has 4 heteroatoms. The van der Waals surface area contributed by atoms with Gasteiger partial charge in [0.05, 0.1) is 15.9 Å². The van der Waals surface area contributed by atoms with Crippen LogP contribution in [0.2, 0.25) is 10.0 Å². The zero-order valence-electron chi connectivity index (χ0n) is 8.77. The number of hydrogen-bond acceptors (Lipinski definition) is 2. The molecule has 15 heavy (non-hydrogen) atoms. The molecule has 0 saturated heterocycles. The number of rotatable bonds is 3. The van der Waals surface area contributed by atoms with E-state index in [1.54, 1.807) is 12.1 Å². The van der Waals surface area contributed by atoms with Crippen LogP contribution in [0.5, 0.6) is 0 Å². The minimum atomic E-state index is 0.568. The van der Waals surface area contributed by atoms with E-state index in [2.05, 4.69) is 5.32 Å². The summed E-state index contributed by atoms with van der Waals surface area (Å²) in [5.41, 5.74) is 7.71. The van der Waals surface area contributed by atoms with Crippen molar-refractivity contribution in [2.24, 2.45) is 5.73 Å². The molecule has 3 N–H and O–H groups in total. The van der Waals surface area contributed by atoms with Crippen LogP contribution in [0.1, 0.15) is 18.1 Å². The molecule has 0 bridgehead atoms. The number of nitrogens with one attached hydrogen (secondary N) is 1. The Balaban J connectivity index is 2.89. The predicted molar refractivity (Wildman–Crippen MR) is 66.0 cm³/mol. The molecule has 0 fully saturated rings. The zero-order chi connectivity index (χ0) is 11.4. The van der Waals surface area contributed by atoms with E-state index in [9.17, 15) is 0 Å². The highest BCUT2D eigenvalue weighted by Gasteiger charge is 2.07. The largest absolute Gasteiger partial charge is 0.386 e. The van der Waals surface area contributed by atoms with Crippen LogP contribution in [0.4, 0.5) is 0 Å². The lowest BCUT2D eigenvalue weighted by Gasteiger charge is -2.11. The zero-order valence-corrected chi connectivity index (χ0v) is 10.3. The van der Waals surface area contributed by atoms with E-state index in [4.69, 9.17) is 28.9 Å². The summed E-state index contributed by atoms with van der Waals surface area (Å²) in [5.74, 6) is 0.630. The van der Waals surface area contributed by atoms with Crippen molar-refractivity contribution in [2.75, 3.05) is 0 Å². The fourth-order valence-corrected chi connectivity index (χ4v) is 1.65. The SMILES string of the molecule is CC=C(N)NCc1c(C)ccc(Cl)c1Cl. The molecule has 82 valence electrons. The van der Waals surface area contributed by atoms with Gasteiger partial charge >= 0.3 is 0 Å². The summed E-state index contributed by atoms with van der Waals surface area (Å²) in [6.45, 7) is 4.45. The molecular formula is C11H14Cl2N2. The van der Waals surface area contributed by atoms with Gasteiger partial charge in [-0.2, -0.15) is 0 Å². The molecule has 0 heterocycles. The van der Waals surface area contributed by atoms with Gasteiger partial charge in [0.1, 0.15) is 0 Å². The van der Waals surface area contributed by atoms with E-state index in [-0.39, 0.29) is 0 Å². The van der Waals surface area contributed by atoms with Crippen molar-refractivity contribution in [3.05, 3.63) is 45.2 Å². The van der Waals surface area contributed by atoms with E-state index in [1.165, 1.54) is 0 Å². The highest BCUT2D eigenvalue weighted by Crippen LogP contribution is 2.28. The molecule has 0 spiro atoms. The van der Waals surface area contributed by atoms with E-state index < -0.39 is 0 Å². The van der Waals surface area contributed by atoms with Gasteiger partial charge in [0.2, 0.25) is 0 Å². The van der Waals surface area contributed by atoms with E-state index in [0.29, 0.717) is 22.4 Å². The Labute approximate surface area is 100 Å². The van der Waals surface area contributed by atoms with Crippen molar-refractivity contribution in [1.82, 2.24) is 5.32 Å². The minimum Gasteiger partial charge on any atom is -0.386 e. The third-order valence-electron chi connectivity index (χ3n) is 2.21. The average Bonchev–Trinajstić information content (AvgIpc) is 2.23. The second-order valence-corrected chi connectivity index (χ2v) is 4.04. The van der Waals surface area contributed by atoms with Gasteiger partial charge in [-0.25, -0.2) is 0 Å². The van der Waals surface area contributed by atoms with Gasteiger partial charge in [0, 0.05) is 6.54 Å². The molecule has 0 aliphatic rings. The van der Waals surface area contributed by atoms with Crippen LogP contribution in [0.25, 0.3) is 0 Å². The van der Waals surface area contributed by atoms with Crippen LogP contribution in [0, 0.1) is 6.92 Å². The van der Waals surface area contributed by atoms with E-state index in [0.717, 1.165) is 11.1 Å². The lowest BCUT2D eigenvalue weighted by Crippen LogP contribution is -2.19. The van der Waals surface area contributed by atoms with Crippen LogP contribution in [0.3, 0.4) is 0 Å². The van der Waals surface area contributed by atoms with Crippen LogP contribution >= 0.6 is 23.2 Å². The number of halogens is 2. The van der Waals surface area contributed by atoms with Gasteiger partial charge in [0.15, 0.2) is 0 Å². The number of nitrogens with two attached hydrogens (primary N) is 1. The van der Waals surface area contributed by atoms with Gasteiger partial charge in [-0.1, -0.05) is 29.3 Å². The summed E-state index contributed by atoms with van der Waals surface area (Å²) in [5, 5.41) is 4.21. The molecule has 0 aliphatic carbocycles. The highest BCUT2D eigenvalue weighted by atomic mass is 35.5. The van der Waals surface area contributed by atoms with Gasteiger partial charge < -0.3 is 11.1 Å². The first-order valence-electron chi connectivity index (χ1n) is 4.65. The summed E-state index contributed by atoms with van der Waals surface area (Å²) in [7, 11) is 0. The van der Waals surface area contributed by atoms with Crippen molar-refractivity contribution >= 4 is 23.2 Å². The van der Waals surface area contributed by atoms with Gasteiger partial charge in [-0.3, -0.25) is 0 Å². The molecule has 1 aromatic rings. The summed E-state index contributed by atoms with van der Waals surface area (Å²) < 4.78 is 0. The van der Waals surface area contributed by atoms with Crippen molar-refractivity contribution in [2.45, 2.75) is 20.4 Å². The number of aryl methyl sites for hydroxylation is 1. The monoisotopic (exact) mass is 244 g/mol. The predicted octanol–water partition coefficient (Wildman–Crippen LogP) is 3.21. The topological polar surface area (TPSA) is 38.0 Å². The van der Waals surface area contributed by atoms with Crippen LogP contribution in [-0.2, 0) is 6.54 Å². The molecule has 2 nitrogen and oxygen atoms in total. The summed E-state index contributed by atoms with van der Waals surface area (Å²) >= 11 is 12.0. The number of benzene rings is 1. The Bertz CT molecular complexity index is 386. The molecule has 0 amide bonds. The summed E-state index contributed by atoms with van der Waals surface area (Å²) in [6.07, 6.45) is 1.80. The Morgan fingerprint density at radius 1 is 1.47 bits per heavy atom. The third kappa shape index (κ3) is 3.05. The lowest BCUT2D eigenvalue weighted by molar-refractivity contribution is 0.793. The van der Waals surface area contributed by atoms with Crippen LogP contribution in [-0.4, -0.2) is 0 Å². The summed E-state index contributed by atoms with van der Waals surface area (Å²) in [6, 6.07) is 3.73. The van der Waals surface area contributed by atoms with E-state index >= 15 is 0 Å². The summed E-state index contributed by atoms with van der Waals surface area (Å²) in [4.78, 5) is 0. The standard InChI is InChI=1S/C11H14Cl2N2/c1-3-10(14)15-6-8-7(2)4-5-9(12)11(8)13/h3-5,15H,6,14H2,1-2H3. The molecule has 0 aromatic heterocycles. The Hall–Kier alpha value is -0.860. The molecule has 0 atom stereocenters. The molecule has 0 unspecified atom stereocenters. The van der Waals surface area contributed by atoms with E-state index in [1.807, 2.05) is 19.9 Å². The number of allylic oxidation sites excluding steroid dienone is 1. The van der Waals surface area contributed by atoms with Crippen molar-refractivity contribution in [1.29, 1.82) is 0 Å². The Kier molecular flexibility index (Phi) is 4.30. The lowest BCUT2D eigenvalue weighted by atomic mass is 10.1. The molecule has 0 radical (unpaired) electrons. The maximum absolute atomic E-state index is 6.09. The maximum atomic E-state index is 6.09. The molecule has 1 rings (SSSR count). The van der Waals surface area contributed by atoms with Crippen LogP contribution in [0.15, 0.2) is 24.0 Å². The highest BCUT2D eigenvalue weighted by molar-refractivity contribution is 6.42. The first-order valence-corrected chi connectivity index (χ1v) is 5.41. The first kappa shape index (κ1) is 12.2. The first-order chi connectivity index (χ1) is 7.06. The smallest absolute Gasteiger partial charge is 0.0918 e. The van der Waals surface area contributed by atoms with Crippen molar-refractivity contribution in [3.63, 3.8) is 0 Å². The van der Waals surface area contributed by atoms with Crippen molar-refractivity contribution in [3.8, 4) is 0 Å². The van der Waals surface area contributed by atoms with Gasteiger partial charge in [-0.05, 0) is 37.1 Å². The Morgan fingerprint density at radius 3 is 2.73 bits per heavy atom. The average molecular weight is 245 g/mol. The maximum Gasteiger partial charge on any atom is 0.0918 e. The second kappa shape index (κ2) is 5.29. The molecule has 1 aromatic carbocycles. The normalized spacial score (nSPS) is 11.6. The third-order valence-corrected chi connectivity index (χ3v) is 3.05.